The molecule has 0 atom stereocenters. The molecule has 0 aliphatic rings. The van der Waals surface area contributed by atoms with E-state index in [1.54, 1.807) is 6.07 Å². The summed E-state index contributed by atoms with van der Waals surface area (Å²) in [5.41, 5.74) is 6.27. The minimum atomic E-state index is -0.770. The molecule has 8 nitrogen and oxygen atoms in total. The highest BCUT2D eigenvalue weighted by molar-refractivity contribution is 6.05. The molecule has 0 saturated carbocycles. The number of carbonyl (C=O) groups is 2. The van der Waals surface area contributed by atoms with E-state index in [1.807, 2.05) is 121 Å². The predicted octanol–water partition coefficient (Wildman–Crippen LogP) is 11.2. The third-order valence-corrected chi connectivity index (χ3v) is 9.31. The van der Waals surface area contributed by atoms with Gasteiger partial charge in [-0.05, 0) is 107 Å². The van der Waals surface area contributed by atoms with Gasteiger partial charge in [0.2, 0.25) is 0 Å². The van der Waals surface area contributed by atoms with Crippen LogP contribution in [0.4, 0.5) is 0 Å². The number of methoxy groups -OCH3 is 2. The number of hydrogen-bond donors (Lipinski definition) is 0. The van der Waals surface area contributed by atoms with Crippen molar-refractivity contribution >= 4 is 11.9 Å². The summed E-state index contributed by atoms with van der Waals surface area (Å²) in [4.78, 5) is 25.9. The van der Waals surface area contributed by atoms with Gasteiger partial charge in [0.05, 0.1) is 19.8 Å². The first kappa shape index (κ1) is 38.9. The zero-order chi connectivity index (χ0) is 40.1. The fourth-order valence-electron chi connectivity index (χ4n) is 6.40. The highest BCUT2D eigenvalue weighted by atomic mass is 16.5. The van der Waals surface area contributed by atoms with Crippen LogP contribution in [0.2, 0.25) is 0 Å². The van der Waals surface area contributed by atoms with E-state index >= 15 is 0 Å². The second kappa shape index (κ2) is 19.0. The third kappa shape index (κ3) is 10.3. The molecule has 0 heterocycles. The summed E-state index contributed by atoms with van der Waals surface area (Å²) in [5, 5.41) is 0. The van der Waals surface area contributed by atoms with Gasteiger partial charge in [-0.1, -0.05) is 109 Å². The number of hydrogen-bond acceptors (Lipinski definition) is 8. The summed E-state index contributed by atoms with van der Waals surface area (Å²) in [6, 6.07) is 54.7. The van der Waals surface area contributed by atoms with Crippen molar-refractivity contribution in [3.63, 3.8) is 0 Å². The summed E-state index contributed by atoms with van der Waals surface area (Å²) in [6.07, 6.45) is 1.61. The molecule has 0 N–H and O–H groups in total. The van der Waals surface area contributed by atoms with E-state index in [-0.39, 0.29) is 35.8 Å². The maximum absolute atomic E-state index is 13.2. The SMILES string of the molecule is COC(=O)c1ccc(OCc2ccc(Oc3cccc(Cc4ccccc4)c3)cc2)c(OCc2ccc(Oc3cccc(Cc4ccccc4)c3)cc2)c1C(=O)OC. The van der Waals surface area contributed by atoms with Crippen LogP contribution in [0.3, 0.4) is 0 Å². The van der Waals surface area contributed by atoms with Crippen LogP contribution in [-0.2, 0) is 35.5 Å². The second-order valence-electron chi connectivity index (χ2n) is 13.5. The van der Waals surface area contributed by atoms with Crippen LogP contribution in [0.1, 0.15) is 54.1 Å². The molecule has 0 fully saturated rings. The van der Waals surface area contributed by atoms with Crippen molar-refractivity contribution in [1.82, 2.24) is 0 Å². The second-order valence-corrected chi connectivity index (χ2v) is 13.5. The molecular weight excluding hydrogens is 729 g/mol. The van der Waals surface area contributed by atoms with Crippen LogP contribution < -0.4 is 18.9 Å². The number of ether oxygens (including phenoxy) is 6. The van der Waals surface area contributed by atoms with Gasteiger partial charge in [-0.3, -0.25) is 0 Å². The van der Waals surface area contributed by atoms with Crippen LogP contribution in [-0.4, -0.2) is 26.2 Å². The van der Waals surface area contributed by atoms with Crippen molar-refractivity contribution in [1.29, 1.82) is 0 Å². The Morgan fingerprint density at radius 3 is 1.36 bits per heavy atom. The summed E-state index contributed by atoms with van der Waals surface area (Å²) >= 11 is 0. The molecule has 0 bridgehead atoms. The highest BCUT2D eigenvalue weighted by Crippen LogP contribution is 2.37. The molecule has 0 aromatic heterocycles. The fourth-order valence-corrected chi connectivity index (χ4v) is 6.40. The van der Waals surface area contributed by atoms with Crippen LogP contribution in [0.15, 0.2) is 170 Å². The minimum absolute atomic E-state index is 0.00992. The Morgan fingerprint density at radius 2 is 0.879 bits per heavy atom. The van der Waals surface area contributed by atoms with Crippen molar-refractivity contribution in [3.8, 4) is 34.5 Å². The zero-order valence-corrected chi connectivity index (χ0v) is 32.3. The molecule has 7 aromatic carbocycles. The van der Waals surface area contributed by atoms with Crippen LogP contribution in [0, 0.1) is 0 Å². The Morgan fingerprint density at radius 1 is 0.414 bits per heavy atom. The fraction of sp³-hybridized carbons (Fsp3) is 0.120. The van der Waals surface area contributed by atoms with Gasteiger partial charge in [-0.2, -0.15) is 0 Å². The maximum atomic E-state index is 13.2. The first-order valence-electron chi connectivity index (χ1n) is 18.8. The average molecular weight is 771 g/mol. The molecule has 7 aromatic rings. The summed E-state index contributed by atoms with van der Waals surface area (Å²) in [5.74, 6) is 1.62. The standard InChI is InChI=1S/C50H42O8/c1-53-49(51)45-27-28-46(55-33-37-19-23-41(24-20-37)57-43-17-9-15-39(31-43)29-35-11-5-3-6-12-35)48(47(45)50(52)54-2)56-34-38-21-25-42(26-22-38)58-44-18-10-16-40(32-44)30-36-13-7-4-8-14-36/h3-28,31-32H,29-30,33-34H2,1-2H3. The lowest BCUT2D eigenvalue weighted by atomic mass is 10.1. The van der Waals surface area contributed by atoms with Gasteiger partial charge in [-0.25, -0.2) is 9.59 Å². The Labute approximate surface area is 338 Å². The molecule has 0 radical (unpaired) electrons. The van der Waals surface area contributed by atoms with Crippen molar-refractivity contribution in [2.24, 2.45) is 0 Å². The first-order valence-corrected chi connectivity index (χ1v) is 18.8. The van der Waals surface area contributed by atoms with Crippen LogP contribution in [0.5, 0.6) is 34.5 Å². The quantitative estimate of drug-likeness (QED) is 0.0898. The molecule has 7 rings (SSSR count). The monoisotopic (exact) mass is 770 g/mol. The van der Waals surface area contributed by atoms with Gasteiger partial charge < -0.3 is 28.4 Å². The molecule has 58 heavy (non-hydrogen) atoms. The molecule has 0 amide bonds. The minimum Gasteiger partial charge on any atom is -0.485 e. The number of rotatable bonds is 16. The molecule has 0 unspecified atom stereocenters. The van der Waals surface area contributed by atoms with Crippen molar-refractivity contribution in [2.75, 3.05) is 14.2 Å². The van der Waals surface area contributed by atoms with Gasteiger partial charge in [0, 0.05) is 0 Å². The lowest BCUT2D eigenvalue weighted by molar-refractivity contribution is 0.0549. The number of benzene rings is 7. The Kier molecular flexibility index (Phi) is 12.8. The molecule has 0 saturated heterocycles. The van der Waals surface area contributed by atoms with Crippen molar-refractivity contribution < 1.29 is 38.0 Å². The summed E-state index contributed by atoms with van der Waals surface area (Å²) < 4.78 is 34.9. The number of esters is 2. The Balaban J connectivity index is 1.03. The molecule has 0 aliphatic heterocycles. The first-order chi connectivity index (χ1) is 28.4. The van der Waals surface area contributed by atoms with Gasteiger partial charge in [0.25, 0.3) is 0 Å². The van der Waals surface area contributed by atoms with Crippen LogP contribution in [0.25, 0.3) is 0 Å². The number of carbonyl (C=O) groups excluding carboxylic acids is 2. The average Bonchev–Trinajstić information content (AvgIpc) is 3.26. The third-order valence-electron chi connectivity index (χ3n) is 9.31. The normalized spacial score (nSPS) is 10.7. The molecule has 0 spiro atoms. The molecular formula is C50H42O8. The molecule has 0 aliphatic carbocycles. The summed E-state index contributed by atoms with van der Waals surface area (Å²) in [7, 11) is 2.48. The Bertz CT molecular complexity index is 2440. The molecule has 290 valence electrons. The van der Waals surface area contributed by atoms with Gasteiger partial charge in [0.15, 0.2) is 11.5 Å². The summed E-state index contributed by atoms with van der Waals surface area (Å²) in [6.45, 7) is 0.191. The van der Waals surface area contributed by atoms with E-state index in [2.05, 4.69) is 36.4 Å². The van der Waals surface area contributed by atoms with E-state index in [4.69, 9.17) is 28.4 Å². The molecule has 8 heteroatoms. The highest BCUT2D eigenvalue weighted by Gasteiger charge is 2.27. The van der Waals surface area contributed by atoms with E-state index in [9.17, 15) is 9.59 Å². The maximum Gasteiger partial charge on any atom is 0.342 e. The van der Waals surface area contributed by atoms with Gasteiger partial charge in [0.1, 0.15) is 41.8 Å². The van der Waals surface area contributed by atoms with E-state index in [0.717, 1.165) is 46.6 Å². The smallest absolute Gasteiger partial charge is 0.342 e. The topological polar surface area (TPSA) is 89.5 Å². The predicted molar refractivity (Wildman–Crippen MR) is 222 cm³/mol. The lowest BCUT2D eigenvalue weighted by Crippen LogP contribution is -2.15. The van der Waals surface area contributed by atoms with Gasteiger partial charge in [-0.15, -0.1) is 0 Å². The largest absolute Gasteiger partial charge is 0.485 e. The van der Waals surface area contributed by atoms with Crippen molar-refractivity contribution in [3.05, 3.63) is 214 Å². The lowest BCUT2D eigenvalue weighted by Gasteiger charge is -2.18. The zero-order valence-electron chi connectivity index (χ0n) is 32.3. The van der Waals surface area contributed by atoms with Gasteiger partial charge >= 0.3 is 11.9 Å². The van der Waals surface area contributed by atoms with Crippen molar-refractivity contribution in [2.45, 2.75) is 26.1 Å². The van der Waals surface area contributed by atoms with E-state index in [0.29, 0.717) is 11.5 Å². The Hall–Kier alpha value is -7.32. The van der Waals surface area contributed by atoms with Crippen LogP contribution >= 0.6 is 0 Å². The van der Waals surface area contributed by atoms with E-state index < -0.39 is 11.9 Å². The van der Waals surface area contributed by atoms with E-state index in [1.165, 1.54) is 31.4 Å².